The Labute approximate surface area is 332 Å². The lowest BCUT2D eigenvalue weighted by Gasteiger charge is -2.28. The molecule has 266 valence electrons. The van der Waals surface area contributed by atoms with Crippen LogP contribution in [0.25, 0.3) is 88.3 Å². The van der Waals surface area contributed by atoms with Gasteiger partial charge in [0.1, 0.15) is 0 Å². The quantitative estimate of drug-likeness (QED) is 0.0899. The summed E-state index contributed by atoms with van der Waals surface area (Å²) in [6, 6.07) is 77.4. The topological polar surface area (TPSA) is 3.24 Å². The van der Waals surface area contributed by atoms with E-state index in [1.54, 1.807) is 0 Å². The second-order valence-corrected chi connectivity index (χ2v) is 14.9. The number of hydrogen-bond acceptors (Lipinski definition) is 1. The van der Waals surface area contributed by atoms with E-state index < -0.39 is 0 Å². The van der Waals surface area contributed by atoms with Gasteiger partial charge in [-0.3, -0.25) is 0 Å². The fraction of sp³-hybridized carbons (Fsp3) is 0. The van der Waals surface area contributed by atoms with Gasteiger partial charge in [-0.2, -0.15) is 0 Å². The van der Waals surface area contributed by atoms with Gasteiger partial charge >= 0.3 is 0 Å². The number of benzene rings is 11. The van der Waals surface area contributed by atoms with Crippen molar-refractivity contribution in [1.82, 2.24) is 0 Å². The minimum absolute atomic E-state index is 1.12. The molecule has 1 nitrogen and oxygen atoms in total. The Balaban J connectivity index is 1.22. The Bertz CT molecular complexity index is 3230. The molecular formula is C56H37N. The smallest absolute Gasteiger partial charge is 0.0546 e. The van der Waals surface area contributed by atoms with Crippen molar-refractivity contribution in [3.8, 4) is 22.3 Å². The van der Waals surface area contributed by atoms with Gasteiger partial charge in [0.05, 0.1) is 5.69 Å². The van der Waals surface area contributed by atoms with E-state index in [1.807, 2.05) is 0 Å². The van der Waals surface area contributed by atoms with Gasteiger partial charge in [-0.05, 0) is 130 Å². The third-order valence-electron chi connectivity index (χ3n) is 11.5. The summed E-state index contributed by atoms with van der Waals surface area (Å²) < 4.78 is 0. The minimum atomic E-state index is 1.12. The highest BCUT2D eigenvalue weighted by Crippen LogP contribution is 2.49. The molecule has 0 N–H and O–H groups in total. The van der Waals surface area contributed by atoms with Gasteiger partial charge in [0, 0.05) is 16.8 Å². The van der Waals surface area contributed by atoms with Crippen molar-refractivity contribution in [2.75, 3.05) is 4.90 Å². The second kappa shape index (κ2) is 13.7. The standard InChI is InChI=1S/C56H37N/c1-4-16-41(17-5-1)46-23-12-13-24-47(46)48-32-33-50-52-37-39(28-27-38-29-30-40-15-10-11-18-42(40)35-38)36-43-31-34-53(56(54(43)52)51-26-14-25-49(48)55(50)51)57(44-19-6-2-7-20-44)45-21-8-3-9-22-45/h1-37H. The summed E-state index contributed by atoms with van der Waals surface area (Å²) in [6.07, 6.45) is 4.52. The van der Waals surface area contributed by atoms with Crippen LogP contribution in [0.15, 0.2) is 212 Å². The maximum atomic E-state index is 2.42. The van der Waals surface area contributed by atoms with Crippen LogP contribution in [0.5, 0.6) is 0 Å². The van der Waals surface area contributed by atoms with Crippen LogP contribution in [0.4, 0.5) is 17.1 Å². The summed E-state index contributed by atoms with van der Waals surface area (Å²) in [4.78, 5) is 2.42. The molecule has 0 unspecified atom stereocenters. The van der Waals surface area contributed by atoms with Gasteiger partial charge in [-0.25, -0.2) is 0 Å². The van der Waals surface area contributed by atoms with E-state index in [2.05, 4.69) is 229 Å². The van der Waals surface area contributed by atoms with Crippen LogP contribution >= 0.6 is 0 Å². The number of anilines is 3. The SMILES string of the molecule is C(=Cc1cc2ccc(N(c3ccccc3)c3ccccc3)c3c4cccc5c(-c6ccccc6-c6ccccc6)ccc(c(c1)c23)c54)c1ccc2ccccc2c1. The zero-order valence-corrected chi connectivity index (χ0v) is 31.3. The number of nitrogens with zero attached hydrogens (tertiary/aromatic N) is 1. The molecule has 0 aliphatic carbocycles. The van der Waals surface area contributed by atoms with Crippen LogP contribution < -0.4 is 4.90 Å². The van der Waals surface area contributed by atoms with Gasteiger partial charge in [-0.1, -0.05) is 176 Å². The third kappa shape index (κ3) is 5.63. The molecule has 0 aliphatic rings. The maximum absolute atomic E-state index is 2.42. The first-order chi connectivity index (χ1) is 28.3. The number of rotatable bonds is 7. The lowest BCUT2D eigenvalue weighted by molar-refractivity contribution is 1.30. The van der Waals surface area contributed by atoms with Gasteiger partial charge in [-0.15, -0.1) is 0 Å². The normalized spacial score (nSPS) is 11.8. The first-order valence-corrected chi connectivity index (χ1v) is 19.7. The first-order valence-electron chi connectivity index (χ1n) is 19.7. The van der Waals surface area contributed by atoms with Crippen molar-refractivity contribution in [2.24, 2.45) is 0 Å². The summed E-state index contributed by atoms with van der Waals surface area (Å²) >= 11 is 0. The Morgan fingerprint density at radius 3 is 1.68 bits per heavy atom. The second-order valence-electron chi connectivity index (χ2n) is 14.9. The minimum Gasteiger partial charge on any atom is -0.310 e. The van der Waals surface area contributed by atoms with Crippen LogP contribution in [0.3, 0.4) is 0 Å². The zero-order chi connectivity index (χ0) is 37.7. The van der Waals surface area contributed by atoms with Gasteiger partial charge < -0.3 is 4.90 Å². The highest BCUT2D eigenvalue weighted by Gasteiger charge is 2.22. The summed E-state index contributed by atoms with van der Waals surface area (Å²) in [6.45, 7) is 0. The first kappa shape index (κ1) is 32.9. The molecule has 0 saturated heterocycles. The molecule has 0 bridgehead atoms. The molecule has 11 aromatic carbocycles. The average molecular weight is 724 g/mol. The molecule has 0 atom stereocenters. The van der Waals surface area contributed by atoms with E-state index >= 15 is 0 Å². The molecule has 11 rings (SSSR count). The van der Waals surface area contributed by atoms with Crippen molar-refractivity contribution in [2.45, 2.75) is 0 Å². The fourth-order valence-electron chi connectivity index (χ4n) is 8.99. The fourth-order valence-corrected chi connectivity index (χ4v) is 8.99. The van der Waals surface area contributed by atoms with E-state index in [4.69, 9.17) is 0 Å². The number of fused-ring (bicyclic) bond motifs is 3. The predicted molar refractivity (Wildman–Crippen MR) is 246 cm³/mol. The molecule has 0 aromatic heterocycles. The lowest BCUT2D eigenvalue weighted by Crippen LogP contribution is -2.10. The Kier molecular flexibility index (Phi) is 7.89. The molecule has 0 heterocycles. The van der Waals surface area contributed by atoms with Crippen LogP contribution in [0.1, 0.15) is 11.1 Å². The third-order valence-corrected chi connectivity index (χ3v) is 11.5. The van der Waals surface area contributed by atoms with Crippen LogP contribution in [-0.4, -0.2) is 0 Å². The van der Waals surface area contributed by atoms with Crippen molar-refractivity contribution < 1.29 is 0 Å². The summed E-state index contributed by atoms with van der Waals surface area (Å²) in [5.41, 5.74) is 10.7. The molecule has 0 amide bonds. The molecular weight excluding hydrogens is 687 g/mol. The van der Waals surface area contributed by atoms with E-state index in [9.17, 15) is 0 Å². The summed E-state index contributed by atoms with van der Waals surface area (Å²) in [5.74, 6) is 0. The molecule has 0 fully saturated rings. The molecule has 0 radical (unpaired) electrons. The van der Waals surface area contributed by atoms with Crippen LogP contribution in [0.2, 0.25) is 0 Å². The number of hydrogen-bond donors (Lipinski definition) is 0. The molecule has 0 aliphatic heterocycles. The monoisotopic (exact) mass is 723 g/mol. The van der Waals surface area contributed by atoms with Crippen molar-refractivity contribution in [3.05, 3.63) is 223 Å². The van der Waals surface area contributed by atoms with Crippen LogP contribution in [0, 0.1) is 0 Å². The van der Waals surface area contributed by atoms with Gasteiger partial charge in [0.25, 0.3) is 0 Å². The number of para-hydroxylation sites is 2. The zero-order valence-electron chi connectivity index (χ0n) is 31.3. The summed E-state index contributed by atoms with van der Waals surface area (Å²) in [5, 5.41) is 12.6. The van der Waals surface area contributed by atoms with E-state index in [0.29, 0.717) is 0 Å². The summed E-state index contributed by atoms with van der Waals surface area (Å²) in [7, 11) is 0. The average Bonchev–Trinajstić information content (AvgIpc) is 3.28. The molecule has 11 aromatic rings. The molecule has 1 heteroatoms. The van der Waals surface area contributed by atoms with Crippen molar-refractivity contribution in [3.63, 3.8) is 0 Å². The largest absolute Gasteiger partial charge is 0.310 e. The highest BCUT2D eigenvalue weighted by molar-refractivity contribution is 6.37. The Morgan fingerprint density at radius 1 is 0.298 bits per heavy atom. The Hall–Kier alpha value is -7.48. The van der Waals surface area contributed by atoms with E-state index in [-0.39, 0.29) is 0 Å². The van der Waals surface area contributed by atoms with Crippen molar-refractivity contribution >= 4 is 83.1 Å². The van der Waals surface area contributed by atoms with Crippen LogP contribution in [-0.2, 0) is 0 Å². The van der Waals surface area contributed by atoms with Gasteiger partial charge in [0.2, 0.25) is 0 Å². The van der Waals surface area contributed by atoms with Gasteiger partial charge in [0.15, 0.2) is 0 Å². The predicted octanol–water partition coefficient (Wildman–Crippen LogP) is 15.9. The Morgan fingerprint density at radius 2 is 0.912 bits per heavy atom. The molecule has 0 spiro atoms. The molecule has 0 saturated carbocycles. The van der Waals surface area contributed by atoms with Crippen molar-refractivity contribution in [1.29, 1.82) is 0 Å². The van der Waals surface area contributed by atoms with E-state index in [1.165, 1.54) is 87.2 Å². The van der Waals surface area contributed by atoms with E-state index in [0.717, 1.165) is 17.1 Å². The lowest BCUT2D eigenvalue weighted by atomic mass is 9.84. The maximum Gasteiger partial charge on any atom is 0.0546 e. The highest BCUT2D eigenvalue weighted by atomic mass is 15.1. The molecule has 57 heavy (non-hydrogen) atoms.